The van der Waals surface area contributed by atoms with Crippen molar-refractivity contribution in [3.63, 3.8) is 0 Å². The number of rotatable bonds is 35. The SMILES string of the molecule is CCCCCCCCCCCCCCCCCCCCCCCCCCCCN(OCCCO)OCCCO. The van der Waals surface area contributed by atoms with E-state index in [4.69, 9.17) is 19.9 Å². The summed E-state index contributed by atoms with van der Waals surface area (Å²) < 4.78 is 0. The summed E-state index contributed by atoms with van der Waals surface area (Å²) in [4.78, 5) is 11.1. The first-order valence-electron chi connectivity index (χ1n) is 17.6. The maximum Gasteiger partial charge on any atom is 0.0733 e. The molecule has 0 heterocycles. The van der Waals surface area contributed by atoms with E-state index in [9.17, 15) is 0 Å². The van der Waals surface area contributed by atoms with Crippen LogP contribution in [0.15, 0.2) is 0 Å². The van der Waals surface area contributed by atoms with Crippen LogP contribution in [0.3, 0.4) is 0 Å². The van der Waals surface area contributed by atoms with Crippen molar-refractivity contribution in [2.45, 2.75) is 187 Å². The predicted molar refractivity (Wildman–Crippen MR) is 168 cm³/mol. The highest BCUT2D eigenvalue weighted by Crippen LogP contribution is 2.16. The fourth-order valence-corrected chi connectivity index (χ4v) is 5.18. The molecule has 0 aliphatic carbocycles. The smallest absolute Gasteiger partial charge is 0.0733 e. The zero-order valence-corrected chi connectivity index (χ0v) is 26.5. The standard InChI is InChI=1S/C34H71NO4/c1-2-3-4-5-6-7-8-9-10-11-12-13-14-15-16-17-18-19-20-21-22-23-24-25-26-27-30-35(38-33-28-31-36)39-34-29-32-37/h36-37H,2-34H2,1H3. The number of unbranched alkanes of at least 4 members (excludes halogenated alkanes) is 25. The molecule has 5 nitrogen and oxygen atoms in total. The van der Waals surface area contributed by atoms with Gasteiger partial charge < -0.3 is 10.2 Å². The number of hydroxylamine groups is 2. The first-order chi connectivity index (χ1) is 19.3. The molecule has 5 heteroatoms. The van der Waals surface area contributed by atoms with Crippen LogP contribution in [-0.2, 0) is 9.68 Å². The topological polar surface area (TPSA) is 62.2 Å². The first-order valence-corrected chi connectivity index (χ1v) is 17.6. The number of hydrogen-bond acceptors (Lipinski definition) is 5. The monoisotopic (exact) mass is 558 g/mol. The molecule has 0 saturated heterocycles. The number of hydrogen-bond donors (Lipinski definition) is 2. The van der Waals surface area contributed by atoms with Crippen molar-refractivity contribution in [2.24, 2.45) is 0 Å². The van der Waals surface area contributed by atoms with Crippen molar-refractivity contribution in [2.75, 3.05) is 33.0 Å². The second-order valence-corrected chi connectivity index (χ2v) is 11.7. The van der Waals surface area contributed by atoms with Crippen LogP contribution in [0.5, 0.6) is 0 Å². The summed E-state index contributed by atoms with van der Waals surface area (Å²) in [7, 11) is 0. The largest absolute Gasteiger partial charge is 0.396 e. The number of nitrogens with zero attached hydrogens (tertiary/aromatic N) is 1. The Kier molecular flexibility index (Phi) is 35.6. The Morgan fingerprint density at radius 3 is 0.872 bits per heavy atom. The zero-order valence-electron chi connectivity index (χ0n) is 26.5. The van der Waals surface area contributed by atoms with E-state index in [1.807, 2.05) is 0 Å². The summed E-state index contributed by atoms with van der Waals surface area (Å²) in [5, 5.41) is 19.3. The average molecular weight is 558 g/mol. The highest BCUT2D eigenvalue weighted by molar-refractivity contribution is 4.52. The quantitative estimate of drug-likeness (QED) is 0.0599. The molecule has 0 saturated carbocycles. The molecule has 0 aromatic heterocycles. The van der Waals surface area contributed by atoms with E-state index in [1.165, 1.54) is 161 Å². The van der Waals surface area contributed by atoms with Gasteiger partial charge in [0.2, 0.25) is 0 Å². The molecule has 2 N–H and O–H groups in total. The number of aliphatic hydroxyl groups excluding tert-OH is 2. The van der Waals surface area contributed by atoms with E-state index >= 15 is 0 Å². The van der Waals surface area contributed by atoms with E-state index in [0.29, 0.717) is 26.1 Å². The van der Waals surface area contributed by atoms with Crippen LogP contribution in [0.1, 0.15) is 187 Å². The summed E-state index contributed by atoms with van der Waals surface area (Å²) in [5.41, 5.74) is 0. The highest BCUT2D eigenvalue weighted by atomic mass is 16.9. The summed E-state index contributed by atoms with van der Waals surface area (Å²) >= 11 is 0. The van der Waals surface area contributed by atoms with Crippen molar-refractivity contribution >= 4 is 0 Å². The molecule has 0 aromatic rings. The summed E-state index contributed by atoms with van der Waals surface area (Å²) in [5.74, 6) is 0. The van der Waals surface area contributed by atoms with Gasteiger partial charge in [-0.05, 0) is 19.3 Å². The van der Waals surface area contributed by atoms with Gasteiger partial charge in [-0.3, -0.25) is 9.68 Å². The Bertz CT molecular complexity index is 414. The Morgan fingerprint density at radius 1 is 0.359 bits per heavy atom. The number of aliphatic hydroxyl groups is 2. The molecule has 0 radical (unpaired) electrons. The van der Waals surface area contributed by atoms with Crippen LogP contribution >= 0.6 is 0 Å². The first kappa shape index (κ1) is 38.8. The third kappa shape index (κ3) is 33.9. The Labute approximate surface area is 244 Å². The molecule has 0 aliphatic heterocycles. The fourth-order valence-electron chi connectivity index (χ4n) is 5.18. The lowest BCUT2D eigenvalue weighted by Gasteiger charge is -2.20. The zero-order chi connectivity index (χ0) is 28.3. The molecule has 0 aromatic carbocycles. The molecule has 236 valence electrons. The van der Waals surface area contributed by atoms with Crippen molar-refractivity contribution in [3.05, 3.63) is 0 Å². The average Bonchev–Trinajstić information content (AvgIpc) is 2.94. The minimum atomic E-state index is 0.129. The lowest BCUT2D eigenvalue weighted by atomic mass is 10.0. The minimum Gasteiger partial charge on any atom is -0.396 e. The van der Waals surface area contributed by atoms with Crippen molar-refractivity contribution in [3.8, 4) is 0 Å². The second kappa shape index (κ2) is 35.8. The van der Waals surface area contributed by atoms with Gasteiger partial charge in [-0.15, -0.1) is 0 Å². The Hall–Kier alpha value is -0.200. The van der Waals surface area contributed by atoms with Crippen molar-refractivity contribution in [1.82, 2.24) is 5.23 Å². The molecular weight excluding hydrogens is 486 g/mol. The Morgan fingerprint density at radius 2 is 0.615 bits per heavy atom. The molecule has 0 bridgehead atoms. The fraction of sp³-hybridized carbons (Fsp3) is 1.00. The van der Waals surface area contributed by atoms with Crippen LogP contribution in [0.4, 0.5) is 0 Å². The molecule has 0 aliphatic rings. The van der Waals surface area contributed by atoms with E-state index in [1.54, 1.807) is 5.23 Å². The third-order valence-corrected chi connectivity index (χ3v) is 7.77. The molecule has 0 atom stereocenters. The highest BCUT2D eigenvalue weighted by Gasteiger charge is 2.06. The summed E-state index contributed by atoms with van der Waals surface area (Å²) in [6, 6.07) is 0. The molecule has 0 amide bonds. The van der Waals surface area contributed by atoms with Crippen LogP contribution in [0.25, 0.3) is 0 Å². The lowest BCUT2D eigenvalue weighted by Crippen LogP contribution is -2.27. The van der Waals surface area contributed by atoms with Crippen LogP contribution in [0.2, 0.25) is 0 Å². The molecule has 0 unspecified atom stereocenters. The van der Waals surface area contributed by atoms with Crippen LogP contribution in [0, 0.1) is 0 Å². The molecule has 0 fully saturated rings. The molecule has 39 heavy (non-hydrogen) atoms. The predicted octanol–water partition coefficient (Wildman–Crippen LogP) is 10.1. The van der Waals surface area contributed by atoms with Crippen LogP contribution in [-0.4, -0.2) is 48.4 Å². The van der Waals surface area contributed by atoms with Gasteiger partial charge in [0.15, 0.2) is 0 Å². The van der Waals surface area contributed by atoms with Crippen molar-refractivity contribution < 1.29 is 19.9 Å². The maximum absolute atomic E-state index is 8.90. The van der Waals surface area contributed by atoms with Gasteiger partial charge in [0.1, 0.15) is 0 Å². The van der Waals surface area contributed by atoms with Crippen LogP contribution < -0.4 is 0 Å². The Balaban J connectivity index is 3.24. The molecule has 0 rings (SSSR count). The normalized spacial score (nSPS) is 11.7. The van der Waals surface area contributed by atoms with E-state index in [0.717, 1.165) is 13.0 Å². The second-order valence-electron chi connectivity index (χ2n) is 11.7. The minimum absolute atomic E-state index is 0.129. The molecular formula is C34H71NO4. The van der Waals surface area contributed by atoms with E-state index in [-0.39, 0.29) is 13.2 Å². The third-order valence-electron chi connectivity index (χ3n) is 7.77. The van der Waals surface area contributed by atoms with E-state index < -0.39 is 0 Å². The maximum atomic E-state index is 8.90. The van der Waals surface area contributed by atoms with Crippen molar-refractivity contribution in [1.29, 1.82) is 0 Å². The van der Waals surface area contributed by atoms with Gasteiger partial charge in [0.25, 0.3) is 0 Å². The summed E-state index contributed by atoms with van der Waals surface area (Å²) in [6.45, 7) is 4.24. The van der Waals surface area contributed by atoms with Gasteiger partial charge in [0.05, 0.1) is 19.8 Å². The van der Waals surface area contributed by atoms with Gasteiger partial charge >= 0.3 is 0 Å². The summed E-state index contributed by atoms with van der Waals surface area (Å²) in [6.07, 6.45) is 37.8. The van der Waals surface area contributed by atoms with E-state index in [2.05, 4.69) is 6.92 Å². The van der Waals surface area contributed by atoms with Gasteiger partial charge in [0, 0.05) is 13.2 Å². The van der Waals surface area contributed by atoms with Gasteiger partial charge in [-0.25, -0.2) is 0 Å². The molecule has 0 spiro atoms. The van der Waals surface area contributed by atoms with Gasteiger partial charge in [-0.2, -0.15) is 0 Å². The lowest BCUT2D eigenvalue weighted by molar-refractivity contribution is -0.369. The van der Waals surface area contributed by atoms with Gasteiger partial charge in [-0.1, -0.05) is 173 Å².